The quantitative estimate of drug-likeness (QED) is 0.0976. The molecule has 1 aliphatic heterocycles. The van der Waals surface area contributed by atoms with E-state index in [4.69, 9.17) is 5.73 Å². The maximum Gasteiger partial charge on any atom is 0.312 e. The molecule has 0 radical (unpaired) electrons. The number of nitrogens with zero attached hydrogens (tertiary/aromatic N) is 1. The summed E-state index contributed by atoms with van der Waals surface area (Å²) in [6.45, 7) is 3.23. The fourth-order valence-corrected chi connectivity index (χ4v) is 3.03. The van der Waals surface area contributed by atoms with Gasteiger partial charge in [0.2, 0.25) is 17.7 Å². The predicted molar refractivity (Wildman–Crippen MR) is 123 cm³/mol. The molecule has 0 aliphatic carbocycles. The number of amides is 7. The molecule has 1 rings (SSSR count). The van der Waals surface area contributed by atoms with Crippen LogP contribution in [0.3, 0.4) is 0 Å². The largest absolute Gasteiger partial charge is 0.352 e. The Labute approximate surface area is 198 Å². The van der Waals surface area contributed by atoms with E-state index >= 15 is 0 Å². The van der Waals surface area contributed by atoms with E-state index in [1.807, 2.05) is 0 Å². The fraction of sp³-hybridized carbons (Fsp3) is 0.550. The van der Waals surface area contributed by atoms with Crippen LogP contribution in [0.5, 0.6) is 0 Å². The Morgan fingerprint density at radius 2 is 1.62 bits per heavy atom. The average molecular weight is 478 g/mol. The molecular formula is C20H31BN6O7. The predicted octanol–water partition coefficient (Wildman–Crippen LogP) is -3.35. The van der Waals surface area contributed by atoms with Crippen molar-refractivity contribution >= 4 is 49.1 Å². The Morgan fingerprint density at radius 1 is 1.00 bits per heavy atom. The lowest BCUT2D eigenvalue weighted by Crippen LogP contribution is -2.56. The van der Waals surface area contributed by atoms with E-state index in [9.17, 15) is 33.6 Å². The van der Waals surface area contributed by atoms with Crippen molar-refractivity contribution in [3.8, 4) is 0 Å². The zero-order chi connectivity index (χ0) is 25.8. The number of rotatable bonds is 14. The summed E-state index contributed by atoms with van der Waals surface area (Å²) in [7, 11) is 1.30. The van der Waals surface area contributed by atoms with Crippen molar-refractivity contribution in [3.63, 3.8) is 0 Å². The molecule has 186 valence electrons. The van der Waals surface area contributed by atoms with Gasteiger partial charge in [-0.2, -0.15) is 0 Å². The minimum Gasteiger partial charge on any atom is -0.352 e. The molecule has 0 bridgehead atoms. The Bertz CT molecular complexity index is 842. The minimum absolute atomic E-state index is 0.133. The summed E-state index contributed by atoms with van der Waals surface area (Å²) in [6.07, 6.45) is 2.48. The van der Waals surface area contributed by atoms with Gasteiger partial charge in [0.05, 0.1) is 6.54 Å². The SMILES string of the molecule is BC(=O)CNC(=O)[C@H](CCCNC(N)=O)NC(=O)C(NC(=O)CCN1C(=O)C=CC1=O)C(C)C. The van der Waals surface area contributed by atoms with Crippen molar-refractivity contribution in [2.24, 2.45) is 11.7 Å². The molecule has 7 amide bonds. The van der Waals surface area contributed by atoms with Gasteiger partial charge in [-0.1, -0.05) is 13.8 Å². The molecule has 6 N–H and O–H groups in total. The van der Waals surface area contributed by atoms with E-state index in [1.165, 1.54) is 7.85 Å². The van der Waals surface area contributed by atoms with Gasteiger partial charge in [-0.3, -0.25) is 28.9 Å². The summed E-state index contributed by atoms with van der Waals surface area (Å²) in [5.41, 5.74) is 4.74. The van der Waals surface area contributed by atoms with Crippen molar-refractivity contribution in [2.75, 3.05) is 19.6 Å². The van der Waals surface area contributed by atoms with E-state index in [0.29, 0.717) is 6.42 Å². The monoisotopic (exact) mass is 478 g/mol. The molecule has 1 aliphatic rings. The van der Waals surface area contributed by atoms with Crippen LogP contribution in [0.2, 0.25) is 0 Å². The van der Waals surface area contributed by atoms with Crippen LogP contribution in [0.15, 0.2) is 12.2 Å². The molecule has 0 spiro atoms. The highest BCUT2D eigenvalue weighted by molar-refractivity contribution is 6.58. The Balaban J connectivity index is 2.74. The van der Waals surface area contributed by atoms with Crippen molar-refractivity contribution in [1.29, 1.82) is 0 Å². The molecule has 13 nitrogen and oxygen atoms in total. The molecule has 14 heteroatoms. The minimum atomic E-state index is -1.02. The molecule has 0 saturated carbocycles. The van der Waals surface area contributed by atoms with Gasteiger partial charge >= 0.3 is 6.03 Å². The van der Waals surface area contributed by atoms with Crippen LogP contribution in [0.1, 0.15) is 33.1 Å². The van der Waals surface area contributed by atoms with Crippen molar-refractivity contribution < 1.29 is 33.6 Å². The van der Waals surface area contributed by atoms with Crippen LogP contribution in [-0.2, 0) is 28.8 Å². The van der Waals surface area contributed by atoms with Crippen molar-refractivity contribution in [2.45, 2.75) is 45.2 Å². The number of nitrogens with one attached hydrogen (secondary N) is 4. The number of hydrogen-bond donors (Lipinski definition) is 5. The Morgan fingerprint density at radius 3 is 2.15 bits per heavy atom. The van der Waals surface area contributed by atoms with Crippen LogP contribution in [0.25, 0.3) is 0 Å². The summed E-state index contributed by atoms with van der Waals surface area (Å²) in [4.78, 5) is 83.9. The molecule has 0 aromatic carbocycles. The van der Waals surface area contributed by atoms with E-state index < -0.39 is 47.7 Å². The summed E-state index contributed by atoms with van der Waals surface area (Å²) >= 11 is 0. The molecule has 0 saturated heterocycles. The standard InChI is InChI=1S/C20H31BN6O7/c1-11(2)17(26-14(29)7-9-27-15(30)5-6-16(27)31)19(33)25-12(4-3-8-23-20(22)34)18(32)24-10-13(21)28/h5-6,11-12,17H,3-4,7-10,21H2,1-2H3,(H,24,32)(H,25,33)(H,26,29)(H3,22,23,34)/t12-,17?/m0/s1. The third kappa shape index (κ3) is 9.84. The van der Waals surface area contributed by atoms with Gasteiger partial charge in [-0.05, 0) is 18.8 Å². The number of urea groups is 1. The third-order valence-electron chi connectivity index (χ3n) is 4.84. The van der Waals surface area contributed by atoms with Gasteiger partial charge in [0.15, 0.2) is 7.85 Å². The molecule has 0 aromatic heterocycles. The molecule has 2 atom stereocenters. The first-order valence-corrected chi connectivity index (χ1v) is 10.9. The Kier molecular flexibility index (Phi) is 11.5. The second-order valence-corrected chi connectivity index (χ2v) is 8.11. The van der Waals surface area contributed by atoms with Gasteiger partial charge < -0.3 is 31.8 Å². The molecule has 1 unspecified atom stereocenters. The van der Waals surface area contributed by atoms with Crippen LogP contribution in [0, 0.1) is 5.92 Å². The van der Waals surface area contributed by atoms with Gasteiger partial charge in [-0.15, -0.1) is 0 Å². The highest BCUT2D eigenvalue weighted by atomic mass is 16.2. The van der Waals surface area contributed by atoms with Gasteiger partial charge in [0.25, 0.3) is 11.8 Å². The third-order valence-corrected chi connectivity index (χ3v) is 4.84. The van der Waals surface area contributed by atoms with Crippen molar-refractivity contribution in [3.05, 3.63) is 12.2 Å². The number of carbonyl (C=O) groups excluding carboxylic acids is 7. The maximum absolute atomic E-state index is 12.9. The lowest BCUT2D eigenvalue weighted by Gasteiger charge is -2.25. The maximum atomic E-state index is 12.9. The lowest BCUT2D eigenvalue weighted by molar-refractivity contribution is -0.137. The van der Waals surface area contributed by atoms with Gasteiger partial charge in [0, 0.05) is 31.7 Å². The first-order chi connectivity index (χ1) is 15.9. The average Bonchev–Trinajstić information content (AvgIpc) is 3.07. The van der Waals surface area contributed by atoms with Gasteiger partial charge in [0.1, 0.15) is 17.8 Å². The molecule has 34 heavy (non-hydrogen) atoms. The number of hydrogen-bond acceptors (Lipinski definition) is 7. The molecule has 0 fully saturated rings. The summed E-state index contributed by atoms with van der Waals surface area (Å²) in [5.74, 6) is -3.13. The number of primary amides is 1. The fourth-order valence-electron chi connectivity index (χ4n) is 3.03. The van der Waals surface area contributed by atoms with E-state index in [0.717, 1.165) is 17.1 Å². The zero-order valence-corrected chi connectivity index (χ0v) is 19.5. The van der Waals surface area contributed by atoms with Crippen LogP contribution in [0.4, 0.5) is 4.79 Å². The molecule has 0 aromatic rings. The first-order valence-electron chi connectivity index (χ1n) is 10.9. The highest BCUT2D eigenvalue weighted by Crippen LogP contribution is 2.07. The number of imide groups is 1. The van der Waals surface area contributed by atoms with Crippen LogP contribution >= 0.6 is 0 Å². The van der Waals surface area contributed by atoms with Gasteiger partial charge in [-0.25, -0.2) is 4.79 Å². The second-order valence-electron chi connectivity index (χ2n) is 8.11. The molecular weight excluding hydrogens is 447 g/mol. The van der Waals surface area contributed by atoms with Crippen LogP contribution < -0.4 is 27.0 Å². The van der Waals surface area contributed by atoms with Crippen LogP contribution in [-0.4, -0.2) is 85.7 Å². The topological polar surface area (TPSA) is 197 Å². The van der Waals surface area contributed by atoms with E-state index in [2.05, 4.69) is 21.3 Å². The first kappa shape index (κ1) is 28.3. The normalized spacial score (nSPS) is 14.5. The summed E-state index contributed by atoms with van der Waals surface area (Å²) < 4.78 is 0. The highest BCUT2D eigenvalue weighted by Gasteiger charge is 2.29. The summed E-state index contributed by atoms with van der Waals surface area (Å²) in [5, 5.41) is 9.95. The lowest BCUT2D eigenvalue weighted by atomic mass is 10.0. The molecule has 1 heterocycles. The Hall–Kier alpha value is -3.71. The number of carbonyl (C=O) groups is 7. The van der Waals surface area contributed by atoms with E-state index in [-0.39, 0.29) is 44.1 Å². The van der Waals surface area contributed by atoms with E-state index in [1.54, 1.807) is 13.8 Å². The zero-order valence-electron chi connectivity index (χ0n) is 19.5. The second kappa shape index (κ2) is 13.8. The summed E-state index contributed by atoms with van der Waals surface area (Å²) in [6, 6.07) is -2.75. The smallest absolute Gasteiger partial charge is 0.312 e. The van der Waals surface area contributed by atoms with Crippen molar-refractivity contribution in [1.82, 2.24) is 26.2 Å². The number of nitrogens with two attached hydrogens (primary N) is 1.